The third-order valence-corrected chi connectivity index (χ3v) is 5.38. The summed E-state index contributed by atoms with van der Waals surface area (Å²) in [7, 11) is 0. The monoisotopic (exact) mass is 376 g/mol. The minimum absolute atomic E-state index is 0.0256. The minimum Gasteiger partial charge on any atom is -0.310 e. The Kier molecular flexibility index (Phi) is 4.45. The number of halogens is 1. The summed E-state index contributed by atoms with van der Waals surface area (Å²) < 4.78 is 1.03. The van der Waals surface area contributed by atoms with Crippen LogP contribution < -0.4 is 5.56 Å². The van der Waals surface area contributed by atoms with Gasteiger partial charge in [-0.2, -0.15) is 0 Å². The Morgan fingerprint density at radius 1 is 1.23 bits per heavy atom. The lowest BCUT2D eigenvalue weighted by Crippen LogP contribution is -2.11. The summed E-state index contributed by atoms with van der Waals surface area (Å²) >= 11 is 5.09. The van der Waals surface area contributed by atoms with Gasteiger partial charge in [-0.15, -0.1) is 11.3 Å². The van der Waals surface area contributed by atoms with E-state index in [-0.39, 0.29) is 5.56 Å². The number of hydrogen-bond acceptors (Lipinski definition) is 3. The molecule has 22 heavy (non-hydrogen) atoms. The number of aromatic amines is 1. The molecular formula is C17H17BrN2OS. The molecule has 0 fully saturated rings. The van der Waals surface area contributed by atoms with E-state index in [4.69, 9.17) is 0 Å². The molecule has 0 aliphatic rings. The van der Waals surface area contributed by atoms with Crippen molar-refractivity contribution in [3.05, 3.63) is 49.8 Å². The van der Waals surface area contributed by atoms with E-state index in [2.05, 4.69) is 39.7 Å². The number of aryl methyl sites for hydroxylation is 2. The fraction of sp³-hybridized carbons (Fsp3) is 0.294. The molecule has 3 aromatic rings. The maximum atomic E-state index is 12.6. The van der Waals surface area contributed by atoms with E-state index < -0.39 is 0 Å². The SMILES string of the molecule is CCCc1nc2sc(CC)c(-c3ccc(Br)cc3)c2c(=O)[nH]1. The summed E-state index contributed by atoms with van der Waals surface area (Å²) in [5.41, 5.74) is 2.08. The van der Waals surface area contributed by atoms with Crippen LogP contribution in [0, 0.1) is 0 Å². The average molecular weight is 377 g/mol. The molecule has 1 aromatic carbocycles. The number of hydrogen-bond donors (Lipinski definition) is 1. The van der Waals surface area contributed by atoms with Crippen LogP contribution in [0.1, 0.15) is 31.0 Å². The first kappa shape index (κ1) is 15.4. The zero-order chi connectivity index (χ0) is 15.7. The van der Waals surface area contributed by atoms with Gasteiger partial charge in [-0.25, -0.2) is 4.98 Å². The third-order valence-electron chi connectivity index (χ3n) is 3.62. The molecule has 0 unspecified atom stereocenters. The van der Waals surface area contributed by atoms with E-state index in [0.29, 0.717) is 0 Å². The van der Waals surface area contributed by atoms with Crippen molar-refractivity contribution < 1.29 is 0 Å². The Bertz CT molecular complexity index is 865. The van der Waals surface area contributed by atoms with Crippen molar-refractivity contribution in [3.63, 3.8) is 0 Å². The molecule has 3 rings (SSSR count). The van der Waals surface area contributed by atoms with Gasteiger partial charge in [-0.1, -0.05) is 41.9 Å². The molecule has 2 heterocycles. The van der Waals surface area contributed by atoms with E-state index in [1.165, 1.54) is 4.88 Å². The van der Waals surface area contributed by atoms with Crippen molar-refractivity contribution in [1.29, 1.82) is 0 Å². The van der Waals surface area contributed by atoms with Crippen molar-refractivity contribution in [2.45, 2.75) is 33.1 Å². The van der Waals surface area contributed by atoms with Gasteiger partial charge in [0.05, 0.1) is 5.39 Å². The van der Waals surface area contributed by atoms with Crippen molar-refractivity contribution >= 4 is 37.5 Å². The van der Waals surface area contributed by atoms with Gasteiger partial charge in [0, 0.05) is 21.3 Å². The van der Waals surface area contributed by atoms with Crippen molar-refractivity contribution in [2.75, 3.05) is 0 Å². The number of rotatable bonds is 4. The summed E-state index contributed by atoms with van der Waals surface area (Å²) in [4.78, 5) is 22.2. The number of nitrogens with one attached hydrogen (secondary N) is 1. The Balaban J connectivity index is 2.28. The minimum atomic E-state index is -0.0256. The van der Waals surface area contributed by atoms with Gasteiger partial charge in [0.2, 0.25) is 0 Å². The Labute approximate surface area is 141 Å². The number of benzene rings is 1. The van der Waals surface area contributed by atoms with Gasteiger partial charge in [0.1, 0.15) is 10.7 Å². The summed E-state index contributed by atoms with van der Waals surface area (Å²) in [5, 5.41) is 0.726. The smallest absolute Gasteiger partial charge is 0.260 e. The number of fused-ring (bicyclic) bond motifs is 1. The quantitative estimate of drug-likeness (QED) is 0.701. The largest absolute Gasteiger partial charge is 0.310 e. The maximum Gasteiger partial charge on any atom is 0.260 e. The topological polar surface area (TPSA) is 45.8 Å². The normalized spacial score (nSPS) is 11.2. The van der Waals surface area contributed by atoms with Crippen LogP contribution in [0.5, 0.6) is 0 Å². The molecule has 114 valence electrons. The van der Waals surface area contributed by atoms with Gasteiger partial charge in [0.25, 0.3) is 5.56 Å². The van der Waals surface area contributed by atoms with Crippen LogP contribution in [0.25, 0.3) is 21.3 Å². The lowest BCUT2D eigenvalue weighted by atomic mass is 10.0. The molecule has 0 amide bonds. The molecule has 0 saturated carbocycles. The predicted octanol–water partition coefficient (Wildman–Crippen LogP) is 4.93. The molecule has 2 aromatic heterocycles. The highest BCUT2D eigenvalue weighted by atomic mass is 79.9. The molecule has 0 spiro atoms. The Hall–Kier alpha value is -1.46. The van der Waals surface area contributed by atoms with Crippen LogP contribution in [0.3, 0.4) is 0 Å². The molecule has 0 bridgehead atoms. The number of H-pyrrole nitrogens is 1. The van der Waals surface area contributed by atoms with Gasteiger partial charge in [-0.05, 0) is 30.5 Å². The zero-order valence-corrected chi connectivity index (χ0v) is 15.0. The maximum absolute atomic E-state index is 12.6. The van der Waals surface area contributed by atoms with Crippen LogP contribution in [-0.2, 0) is 12.8 Å². The average Bonchev–Trinajstić information content (AvgIpc) is 2.87. The van der Waals surface area contributed by atoms with Gasteiger partial charge in [0.15, 0.2) is 0 Å². The molecule has 1 N–H and O–H groups in total. The van der Waals surface area contributed by atoms with Crippen LogP contribution in [0.15, 0.2) is 33.5 Å². The van der Waals surface area contributed by atoms with E-state index in [9.17, 15) is 4.79 Å². The second-order valence-corrected chi connectivity index (χ2v) is 7.20. The van der Waals surface area contributed by atoms with Crippen LogP contribution in [-0.4, -0.2) is 9.97 Å². The Morgan fingerprint density at radius 3 is 2.59 bits per heavy atom. The first-order valence-corrected chi connectivity index (χ1v) is 9.05. The van der Waals surface area contributed by atoms with E-state index in [1.807, 2.05) is 24.3 Å². The summed E-state index contributed by atoms with van der Waals surface area (Å²) in [6.45, 7) is 4.21. The molecule has 0 aliphatic carbocycles. The third kappa shape index (κ3) is 2.75. The molecular weight excluding hydrogens is 360 g/mol. The zero-order valence-electron chi connectivity index (χ0n) is 12.6. The summed E-state index contributed by atoms with van der Waals surface area (Å²) in [6.07, 6.45) is 2.67. The molecule has 0 atom stereocenters. The standard InChI is InChI=1S/C17H17BrN2OS/c1-3-5-13-19-16(21)15-14(10-6-8-11(18)9-7-10)12(4-2)22-17(15)20-13/h6-9H,3-5H2,1-2H3,(H,19,20,21). The highest BCUT2D eigenvalue weighted by molar-refractivity contribution is 9.10. The fourth-order valence-corrected chi connectivity index (χ4v) is 4.04. The molecule has 5 heteroatoms. The molecule has 0 saturated heterocycles. The molecule has 0 radical (unpaired) electrons. The van der Waals surface area contributed by atoms with E-state index >= 15 is 0 Å². The fourth-order valence-electron chi connectivity index (χ4n) is 2.62. The van der Waals surface area contributed by atoms with E-state index in [0.717, 1.165) is 50.9 Å². The molecule has 3 nitrogen and oxygen atoms in total. The number of thiophene rings is 1. The van der Waals surface area contributed by atoms with Crippen LogP contribution in [0.2, 0.25) is 0 Å². The second-order valence-electron chi connectivity index (χ2n) is 5.20. The van der Waals surface area contributed by atoms with Gasteiger partial charge in [-0.3, -0.25) is 4.79 Å². The number of nitrogens with zero attached hydrogens (tertiary/aromatic N) is 1. The van der Waals surface area contributed by atoms with Crippen molar-refractivity contribution in [3.8, 4) is 11.1 Å². The first-order valence-electron chi connectivity index (χ1n) is 7.44. The van der Waals surface area contributed by atoms with Gasteiger partial charge < -0.3 is 4.98 Å². The van der Waals surface area contributed by atoms with Crippen LogP contribution >= 0.6 is 27.3 Å². The molecule has 0 aliphatic heterocycles. The van der Waals surface area contributed by atoms with Gasteiger partial charge >= 0.3 is 0 Å². The lowest BCUT2D eigenvalue weighted by molar-refractivity contribution is 0.838. The number of aromatic nitrogens is 2. The highest BCUT2D eigenvalue weighted by Crippen LogP contribution is 2.36. The summed E-state index contributed by atoms with van der Waals surface area (Å²) in [6, 6.07) is 8.10. The predicted molar refractivity (Wildman–Crippen MR) is 96.7 cm³/mol. The van der Waals surface area contributed by atoms with Crippen molar-refractivity contribution in [2.24, 2.45) is 0 Å². The second kappa shape index (κ2) is 6.34. The van der Waals surface area contributed by atoms with Crippen molar-refractivity contribution in [1.82, 2.24) is 9.97 Å². The highest BCUT2D eigenvalue weighted by Gasteiger charge is 2.17. The van der Waals surface area contributed by atoms with E-state index in [1.54, 1.807) is 11.3 Å². The first-order chi connectivity index (χ1) is 10.6. The van der Waals surface area contributed by atoms with Crippen LogP contribution in [0.4, 0.5) is 0 Å². The lowest BCUT2D eigenvalue weighted by Gasteiger charge is -2.04. The Morgan fingerprint density at radius 2 is 1.95 bits per heavy atom. The summed E-state index contributed by atoms with van der Waals surface area (Å²) in [5.74, 6) is 0.784.